The second kappa shape index (κ2) is 5.37. The summed E-state index contributed by atoms with van der Waals surface area (Å²) in [5, 5.41) is 7.17. The molecule has 0 unspecified atom stereocenters. The van der Waals surface area contributed by atoms with E-state index in [1.165, 1.54) is 0 Å². The van der Waals surface area contributed by atoms with E-state index < -0.39 is 6.67 Å². The molecule has 1 rings (SSSR count). The maximum Gasteiger partial charge on any atom is 0.127 e. The van der Waals surface area contributed by atoms with Gasteiger partial charge >= 0.3 is 0 Å². The molecule has 0 radical (unpaired) electrons. The predicted octanol–water partition coefficient (Wildman–Crippen LogP) is 2.62. The Bertz CT molecular complexity index is 295. The number of aryl methyl sites for hydroxylation is 1. The van der Waals surface area contributed by atoms with Crippen molar-refractivity contribution in [3.8, 4) is 5.75 Å². The van der Waals surface area contributed by atoms with Gasteiger partial charge in [0.1, 0.15) is 12.4 Å². The molecule has 0 saturated heterocycles. The molecular weight excluding hydrogens is 181 g/mol. The molecule has 3 heteroatoms. The largest absolute Gasteiger partial charge is 0.497 e. The highest BCUT2D eigenvalue weighted by molar-refractivity contribution is 5.82. The van der Waals surface area contributed by atoms with E-state index in [9.17, 15) is 4.39 Å². The molecule has 0 aliphatic carbocycles. The van der Waals surface area contributed by atoms with Crippen LogP contribution in [0.4, 0.5) is 4.39 Å². The summed E-state index contributed by atoms with van der Waals surface area (Å²) in [6, 6.07) is 7.61. The zero-order valence-electron chi connectivity index (χ0n) is 8.22. The lowest BCUT2D eigenvalue weighted by atomic mass is 10.1. The fourth-order valence-corrected chi connectivity index (χ4v) is 1.15. The highest BCUT2D eigenvalue weighted by Crippen LogP contribution is 2.12. The number of rotatable bonds is 5. The minimum atomic E-state index is -0.643. The summed E-state index contributed by atoms with van der Waals surface area (Å²) in [5.41, 5.74) is 1.25. The number of halogens is 1. The first-order chi connectivity index (χ1) is 6.76. The van der Waals surface area contributed by atoms with Gasteiger partial charge < -0.3 is 10.1 Å². The number of ether oxygens (including phenoxy) is 1. The first-order valence-electron chi connectivity index (χ1n) is 4.51. The third kappa shape index (κ3) is 3.17. The molecule has 76 valence electrons. The van der Waals surface area contributed by atoms with Gasteiger partial charge in [-0.25, -0.2) is 4.39 Å². The Morgan fingerprint density at radius 2 is 2.00 bits per heavy atom. The van der Waals surface area contributed by atoms with E-state index in [-0.39, 0.29) is 5.71 Å². The van der Waals surface area contributed by atoms with Crippen LogP contribution in [0.2, 0.25) is 0 Å². The van der Waals surface area contributed by atoms with Crippen molar-refractivity contribution in [3.63, 3.8) is 0 Å². The second-order valence-corrected chi connectivity index (χ2v) is 3.09. The second-order valence-electron chi connectivity index (χ2n) is 3.09. The smallest absolute Gasteiger partial charge is 0.127 e. The number of benzene rings is 1. The Hall–Kier alpha value is -1.38. The third-order valence-electron chi connectivity index (χ3n) is 2.04. The van der Waals surface area contributed by atoms with Gasteiger partial charge in [0.2, 0.25) is 0 Å². The van der Waals surface area contributed by atoms with Gasteiger partial charge in [-0.3, -0.25) is 0 Å². The van der Waals surface area contributed by atoms with Crippen molar-refractivity contribution in [3.05, 3.63) is 29.8 Å². The number of hydrogen-bond acceptors (Lipinski definition) is 2. The minimum Gasteiger partial charge on any atom is -0.497 e. The molecule has 0 aliphatic rings. The van der Waals surface area contributed by atoms with Crippen LogP contribution < -0.4 is 4.74 Å². The lowest BCUT2D eigenvalue weighted by Gasteiger charge is -2.02. The molecule has 0 bridgehead atoms. The van der Waals surface area contributed by atoms with E-state index in [1.54, 1.807) is 7.11 Å². The summed E-state index contributed by atoms with van der Waals surface area (Å²) in [6.07, 6.45) is 1.20. The van der Waals surface area contributed by atoms with Crippen molar-refractivity contribution in [2.24, 2.45) is 0 Å². The molecular formula is C11H14FNO. The van der Waals surface area contributed by atoms with Gasteiger partial charge in [-0.1, -0.05) is 12.1 Å². The predicted molar refractivity (Wildman–Crippen MR) is 55.0 cm³/mol. The van der Waals surface area contributed by atoms with Gasteiger partial charge in [-0.05, 0) is 30.5 Å². The summed E-state index contributed by atoms with van der Waals surface area (Å²) in [4.78, 5) is 0. The Morgan fingerprint density at radius 1 is 1.36 bits per heavy atom. The van der Waals surface area contributed by atoms with Crippen molar-refractivity contribution < 1.29 is 9.13 Å². The zero-order valence-corrected chi connectivity index (χ0v) is 8.22. The minimum absolute atomic E-state index is 0.154. The molecule has 1 aromatic rings. The van der Waals surface area contributed by atoms with Crippen LogP contribution in [0.1, 0.15) is 12.0 Å². The topological polar surface area (TPSA) is 33.1 Å². The molecule has 0 heterocycles. The Labute approximate surface area is 83.2 Å². The van der Waals surface area contributed by atoms with Crippen molar-refractivity contribution >= 4 is 5.71 Å². The van der Waals surface area contributed by atoms with Crippen LogP contribution in [-0.2, 0) is 6.42 Å². The molecule has 0 spiro atoms. The SMILES string of the molecule is COc1ccc(CCC(=N)CF)cc1. The van der Waals surface area contributed by atoms with Crippen LogP contribution >= 0.6 is 0 Å². The van der Waals surface area contributed by atoms with Gasteiger partial charge in [0.15, 0.2) is 0 Å². The Kier molecular flexibility index (Phi) is 4.11. The average molecular weight is 195 g/mol. The fraction of sp³-hybridized carbons (Fsp3) is 0.364. The third-order valence-corrected chi connectivity index (χ3v) is 2.04. The van der Waals surface area contributed by atoms with Gasteiger partial charge in [0, 0.05) is 5.71 Å². The van der Waals surface area contributed by atoms with Gasteiger partial charge in [0.05, 0.1) is 7.11 Å². The first-order valence-corrected chi connectivity index (χ1v) is 4.51. The molecule has 1 aromatic carbocycles. The molecule has 0 aliphatic heterocycles. The highest BCUT2D eigenvalue weighted by Gasteiger charge is 1.98. The maximum atomic E-state index is 12.0. The molecule has 2 nitrogen and oxygen atoms in total. The van der Waals surface area contributed by atoms with Gasteiger partial charge in [0.25, 0.3) is 0 Å². The van der Waals surface area contributed by atoms with Crippen molar-refractivity contribution in [2.75, 3.05) is 13.8 Å². The van der Waals surface area contributed by atoms with E-state index in [4.69, 9.17) is 10.1 Å². The van der Waals surface area contributed by atoms with E-state index in [2.05, 4.69) is 0 Å². The highest BCUT2D eigenvalue weighted by atomic mass is 19.1. The van der Waals surface area contributed by atoms with Crippen LogP contribution in [0.15, 0.2) is 24.3 Å². The number of methoxy groups -OCH3 is 1. The van der Waals surface area contributed by atoms with Crippen molar-refractivity contribution in [1.82, 2.24) is 0 Å². The van der Waals surface area contributed by atoms with Crippen molar-refractivity contribution in [1.29, 1.82) is 5.41 Å². The standard InChI is InChI=1S/C11H14FNO/c1-14-11-6-3-9(4-7-11)2-5-10(13)8-12/h3-4,6-7,13H,2,5,8H2,1H3. The summed E-state index contributed by atoms with van der Waals surface area (Å²) in [7, 11) is 1.62. The summed E-state index contributed by atoms with van der Waals surface area (Å²) in [5.74, 6) is 0.814. The molecule has 0 atom stereocenters. The van der Waals surface area contributed by atoms with Crippen molar-refractivity contribution in [2.45, 2.75) is 12.8 Å². The van der Waals surface area contributed by atoms with E-state index in [1.807, 2.05) is 24.3 Å². The normalized spacial score (nSPS) is 9.86. The van der Waals surface area contributed by atoms with Crippen LogP contribution in [-0.4, -0.2) is 19.5 Å². The van der Waals surface area contributed by atoms with Crippen LogP contribution in [0.5, 0.6) is 5.75 Å². The Morgan fingerprint density at radius 3 is 2.50 bits per heavy atom. The zero-order chi connectivity index (χ0) is 10.4. The van der Waals surface area contributed by atoms with Gasteiger partial charge in [-0.15, -0.1) is 0 Å². The molecule has 14 heavy (non-hydrogen) atoms. The lowest BCUT2D eigenvalue weighted by Crippen LogP contribution is -2.00. The van der Waals surface area contributed by atoms with Crippen LogP contribution in [0.25, 0.3) is 0 Å². The summed E-state index contributed by atoms with van der Waals surface area (Å²) >= 11 is 0. The Balaban J connectivity index is 2.47. The molecule has 0 saturated carbocycles. The lowest BCUT2D eigenvalue weighted by molar-refractivity contribution is 0.414. The molecule has 0 fully saturated rings. The fourth-order valence-electron chi connectivity index (χ4n) is 1.15. The first kappa shape index (κ1) is 10.7. The van der Waals surface area contributed by atoms with E-state index in [0.29, 0.717) is 12.8 Å². The monoisotopic (exact) mass is 195 g/mol. The average Bonchev–Trinajstić information content (AvgIpc) is 2.26. The number of alkyl halides is 1. The maximum absolute atomic E-state index is 12.0. The quantitative estimate of drug-likeness (QED) is 0.720. The van der Waals surface area contributed by atoms with Gasteiger partial charge in [-0.2, -0.15) is 0 Å². The van der Waals surface area contributed by atoms with Crippen LogP contribution in [0, 0.1) is 5.41 Å². The van der Waals surface area contributed by atoms with Crippen LogP contribution in [0.3, 0.4) is 0 Å². The number of hydrogen-bond donors (Lipinski definition) is 1. The van der Waals surface area contributed by atoms with E-state index >= 15 is 0 Å². The van der Waals surface area contributed by atoms with E-state index in [0.717, 1.165) is 11.3 Å². The summed E-state index contributed by atoms with van der Waals surface area (Å²) in [6.45, 7) is -0.643. The molecule has 0 aromatic heterocycles. The number of nitrogens with one attached hydrogen (secondary N) is 1. The summed E-state index contributed by atoms with van der Waals surface area (Å²) < 4.78 is 17.0. The molecule has 1 N–H and O–H groups in total. The molecule has 0 amide bonds.